The third-order valence-electron chi connectivity index (χ3n) is 3.15. The van der Waals surface area contributed by atoms with E-state index in [0.29, 0.717) is 0 Å². The lowest BCUT2D eigenvalue weighted by Gasteiger charge is -2.04. The Morgan fingerprint density at radius 2 is 2.32 bits per heavy atom. The predicted octanol–water partition coefficient (Wildman–Crippen LogP) is 2.35. The highest BCUT2D eigenvalue weighted by Crippen LogP contribution is 2.20. The highest BCUT2D eigenvalue weighted by Gasteiger charge is 2.10. The summed E-state index contributed by atoms with van der Waals surface area (Å²) >= 11 is 0. The van der Waals surface area contributed by atoms with Crippen LogP contribution in [0.1, 0.15) is 25.8 Å². The number of hydrogen-bond donors (Lipinski definition) is 1. The molecule has 0 fully saturated rings. The molecule has 0 radical (unpaired) electrons. The molecule has 0 spiro atoms. The van der Waals surface area contributed by atoms with E-state index >= 15 is 0 Å². The molecule has 4 nitrogen and oxygen atoms in total. The Hall–Kier alpha value is -1.39. The molecule has 0 aliphatic carbocycles. The van der Waals surface area contributed by atoms with E-state index in [4.69, 9.17) is 10.5 Å². The number of rotatable bonds is 7. The molecule has 0 aliphatic rings. The lowest BCUT2D eigenvalue weighted by molar-refractivity contribution is 0.142. The normalized spacial score (nSPS) is 13.0. The van der Waals surface area contributed by atoms with Crippen molar-refractivity contribution >= 4 is 11.0 Å². The van der Waals surface area contributed by atoms with Crippen molar-refractivity contribution in [2.45, 2.75) is 39.3 Å². The quantitative estimate of drug-likeness (QED) is 0.778. The summed E-state index contributed by atoms with van der Waals surface area (Å²) in [4.78, 5) is 4.49. The molecule has 1 atom stereocenters. The molecule has 0 aliphatic heterocycles. The Bertz CT molecular complexity index is 519. The fourth-order valence-electron chi connectivity index (χ4n) is 2.36. The molecule has 2 aromatic heterocycles. The number of hydrogen-bond acceptors (Lipinski definition) is 3. The standard InChI is InChI=1S/C15H23N3O/c1-3-19-9-5-8-18-11-13(10-12(2)16)14-6-4-7-17-15(14)18/h4,6-7,11-12H,3,5,8-10,16H2,1-2H3. The van der Waals surface area contributed by atoms with Gasteiger partial charge in [-0.25, -0.2) is 4.98 Å². The maximum Gasteiger partial charge on any atom is 0.140 e. The van der Waals surface area contributed by atoms with E-state index in [-0.39, 0.29) is 6.04 Å². The molecular formula is C15H23N3O. The van der Waals surface area contributed by atoms with Gasteiger partial charge in [-0.05, 0) is 44.4 Å². The molecule has 2 N–H and O–H groups in total. The predicted molar refractivity (Wildman–Crippen MR) is 78.2 cm³/mol. The number of nitrogens with zero attached hydrogens (tertiary/aromatic N) is 2. The molecule has 1 unspecified atom stereocenters. The van der Waals surface area contributed by atoms with E-state index in [9.17, 15) is 0 Å². The highest BCUT2D eigenvalue weighted by molar-refractivity contribution is 5.80. The van der Waals surface area contributed by atoms with Gasteiger partial charge in [-0.3, -0.25) is 0 Å². The van der Waals surface area contributed by atoms with Gasteiger partial charge in [0.1, 0.15) is 5.65 Å². The van der Waals surface area contributed by atoms with Crippen LogP contribution in [-0.2, 0) is 17.7 Å². The minimum absolute atomic E-state index is 0.169. The highest BCUT2D eigenvalue weighted by atomic mass is 16.5. The van der Waals surface area contributed by atoms with Crippen LogP contribution in [0.3, 0.4) is 0 Å². The number of aryl methyl sites for hydroxylation is 1. The number of ether oxygens (including phenoxy) is 1. The summed E-state index contributed by atoms with van der Waals surface area (Å²) in [6.07, 6.45) is 5.93. The Morgan fingerprint density at radius 1 is 1.47 bits per heavy atom. The van der Waals surface area contributed by atoms with Gasteiger partial charge in [0.05, 0.1) is 0 Å². The monoisotopic (exact) mass is 261 g/mol. The number of nitrogens with two attached hydrogens (primary N) is 1. The first-order valence-corrected chi connectivity index (χ1v) is 6.98. The van der Waals surface area contributed by atoms with E-state index in [1.54, 1.807) is 0 Å². The van der Waals surface area contributed by atoms with Crippen molar-refractivity contribution in [3.8, 4) is 0 Å². The zero-order valence-corrected chi connectivity index (χ0v) is 11.8. The fourth-order valence-corrected chi connectivity index (χ4v) is 2.36. The van der Waals surface area contributed by atoms with Crippen LogP contribution in [0.5, 0.6) is 0 Å². The van der Waals surface area contributed by atoms with Crippen molar-refractivity contribution in [2.24, 2.45) is 5.73 Å². The van der Waals surface area contributed by atoms with Gasteiger partial charge >= 0.3 is 0 Å². The van der Waals surface area contributed by atoms with Crippen LogP contribution in [0, 0.1) is 0 Å². The third kappa shape index (κ3) is 3.55. The zero-order valence-electron chi connectivity index (χ0n) is 11.8. The van der Waals surface area contributed by atoms with Crippen LogP contribution >= 0.6 is 0 Å². The molecule has 0 aromatic carbocycles. The largest absolute Gasteiger partial charge is 0.382 e. The molecular weight excluding hydrogens is 238 g/mol. The van der Waals surface area contributed by atoms with Crippen molar-refractivity contribution in [1.82, 2.24) is 9.55 Å². The summed E-state index contributed by atoms with van der Waals surface area (Å²) in [6.45, 7) is 6.57. The fraction of sp³-hybridized carbons (Fsp3) is 0.533. The molecule has 2 aromatic rings. The van der Waals surface area contributed by atoms with Gasteiger partial charge in [0, 0.05) is 43.6 Å². The van der Waals surface area contributed by atoms with Gasteiger partial charge in [0.2, 0.25) is 0 Å². The first-order valence-electron chi connectivity index (χ1n) is 6.98. The molecule has 4 heteroatoms. The maximum atomic E-state index is 5.91. The van der Waals surface area contributed by atoms with Gasteiger partial charge in [-0.15, -0.1) is 0 Å². The summed E-state index contributed by atoms with van der Waals surface area (Å²) in [5.74, 6) is 0. The average Bonchev–Trinajstić information content (AvgIpc) is 2.73. The van der Waals surface area contributed by atoms with Gasteiger partial charge in [0.25, 0.3) is 0 Å². The number of pyridine rings is 1. The molecule has 0 bridgehead atoms. The molecule has 0 saturated heterocycles. The topological polar surface area (TPSA) is 53.1 Å². The molecule has 19 heavy (non-hydrogen) atoms. The molecule has 2 rings (SSSR count). The summed E-state index contributed by atoms with van der Waals surface area (Å²) in [5.41, 5.74) is 8.25. The summed E-state index contributed by atoms with van der Waals surface area (Å²) < 4.78 is 7.60. The van der Waals surface area contributed by atoms with Crippen LogP contribution in [-0.4, -0.2) is 28.8 Å². The Labute approximate surface area is 114 Å². The molecule has 0 saturated carbocycles. The van der Waals surface area contributed by atoms with Crippen LogP contribution in [0.2, 0.25) is 0 Å². The molecule has 0 amide bonds. The minimum Gasteiger partial charge on any atom is -0.382 e. The summed E-state index contributed by atoms with van der Waals surface area (Å²) in [5, 5.41) is 1.22. The van der Waals surface area contributed by atoms with E-state index in [0.717, 1.165) is 38.2 Å². The number of fused-ring (bicyclic) bond motifs is 1. The summed E-state index contributed by atoms with van der Waals surface area (Å²) in [7, 11) is 0. The summed E-state index contributed by atoms with van der Waals surface area (Å²) in [6, 6.07) is 4.28. The van der Waals surface area contributed by atoms with Crippen LogP contribution in [0.4, 0.5) is 0 Å². The van der Waals surface area contributed by atoms with E-state index in [1.165, 1.54) is 10.9 Å². The second kappa shape index (κ2) is 6.68. The van der Waals surface area contributed by atoms with Gasteiger partial charge in [-0.1, -0.05) is 0 Å². The van der Waals surface area contributed by atoms with Crippen molar-refractivity contribution in [3.05, 3.63) is 30.1 Å². The lowest BCUT2D eigenvalue weighted by Crippen LogP contribution is -2.17. The van der Waals surface area contributed by atoms with Crippen molar-refractivity contribution in [1.29, 1.82) is 0 Å². The smallest absolute Gasteiger partial charge is 0.140 e. The van der Waals surface area contributed by atoms with Crippen molar-refractivity contribution in [2.75, 3.05) is 13.2 Å². The third-order valence-corrected chi connectivity index (χ3v) is 3.15. The Morgan fingerprint density at radius 3 is 3.05 bits per heavy atom. The van der Waals surface area contributed by atoms with Gasteiger partial charge in [0.15, 0.2) is 0 Å². The van der Waals surface area contributed by atoms with Crippen molar-refractivity contribution < 1.29 is 4.74 Å². The second-order valence-electron chi connectivity index (χ2n) is 4.95. The van der Waals surface area contributed by atoms with Gasteiger partial charge in [-0.2, -0.15) is 0 Å². The molecule has 2 heterocycles. The van der Waals surface area contributed by atoms with Crippen molar-refractivity contribution in [3.63, 3.8) is 0 Å². The maximum absolute atomic E-state index is 5.91. The Kier molecular flexibility index (Phi) is 4.93. The first kappa shape index (κ1) is 14.0. The van der Waals surface area contributed by atoms with Crippen LogP contribution in [0.25, 0.3) is 11.0 Å². The minimum atomic E-state index is 0.169. The average molecular weight is 261 g/mol. The van der Waals surface area contributed by atoms with E-state index in [1.807, 2.05) is 26.1 Å². The molecule has 104 valence electrons. The Balaban J connectivity index is 2.18. The number of aromatic nitrogens is 2. The second-order valence-corrected chi connectivity index (χ2v) is 4.95. The van der Waals surface area contributed by atoms with E-state index in [2.05, 4.69) is 21.8 Å². The van der Waals surface area contributed by atoms with Crippen LogP contribution < -0.4 is 5.73 Å². The first-order chi connectivity index (χ1) is 9.22. The van der Waals surface area contributed by atoms with Crippen LogP contribution in [0.15, 0.2) is 24.5 Å². The zero-order chi connectivity index (χ0) is 13.7. The van der Waals surface area contributed by atoms with Gasteiger partial charge < -0.3 is 15.0 Å². The SMILES string of the molecule is CCOCCCn1cc(CC(C)N)c2cccnc21. The lowest BCUT2D eigenvalue weighted by atomic mass is 10.1. The van der Waals surface area contributed by atoms with E-state index < -0.39 is 0 Å².